The van der Waals surface area contributed by atoms with Crippen LogP contribution in [-0.2, 0) is 11.2 Å². The van der Waals surface area contributed by atoms with Gasteiger partial charge in [-0.05, 0) is 25.5 Å². The molecule has 0 bridgehead atoms. The third-order valence-corrected chi connectivity index (χ3v) is 4.09. The van der Waals surface area contributed by atoms with E-state index in [1.54, 1.807) is 0 Å². The molecule has 1 aromatic carbocycles. The number of carbonyl (C=O) groups excluding carboxylic acids is 2. The number of anilines is 1. The zero-order chi connectivity index (χ0) is 16.7. The predicted molar refractivity (Wildman–Crippen MR) is 90.7 cm³/mol. The highest BCUT2D eigenvalue weighted by molar-refractivity contribution is 7.13. The summed E-state index contributed by atoms with van der Waals surface area (Å²) < 4.78 is 0. The van der Waals surface area contributed by atoms with Gasteiger partial charge < -0.3 is 10.6 Å². The fraction of sp³-hybridized carbons (Fsp3) is 0.375. The van der Waals surface area contributed by atoms with Gasteiger partial charge in [-0.3, -0.25) is 9.59 Å². The van der Waals surface area contributed by atoms with Gasteiger partial charge in [-0.15, -0.1) is 10.2 Å². The third-order valence-electron chi connectivity index (χ3n) is 3.11. The van der Waals surface area contributed by atoms with Crippen LogP contribution in [0.5, 0.6) is 0 Å². The molecule has 0 spiro atoms. The lowest BCUT2D eigenvalue weighted by atomic mass is 10.2. The Hall–Kier alpha value is -2.28. The van der Waals surface area contributed by atoms with Gasteiger partial charge in [0.2, 0.25) is 10.9 Å². The summed E-state index contributed by atoms with van der Waals surface area (Å²) in [6.07, 6.45) is 1.76. The first-order valence-electron chi connectivity index (χ1n) is 7.55. The fourth-order valence-corrected chi connectivity index (χ4v) is 2.58. The van der Waals surface area contributed by atoms with Crippen LogP contribution in [0, 0.1) is 6.92 Å². The summed E-state index contributed by atoms with van der Waals surface area (Å²) in [4.78, 5) is 23.7. The van der Waals surface area contributed by atoms with E-state index in [1.165, 1.54) is 11.3 Å². The Balaban J connectivity index is 1.87. The zero-order valence-corrected chi connectivity index (χ0v) is 14.1. The van der Waals surface area contributed by atoms with Crippen LogP contribution in [0.3, 0.4) is 0 Å². The molecule has 0 aliphatic rings. The summed E-state index contributed by atoms with van der Waals surface area (Å²) in [6.45, 7) is 4.67. The molecule has 2 N–H and O–H groups in total. The lowest BCUT2D eigenvalue weighted by Gasteiger charge is -2.02. The van der Waals surface area contributed by atoms with E-state index in [0.29, 0.717) is 29.4 Å². The maximum Gasteiger partial charge on any atom is 0.286 e. The molecule has 0 aliphatic heterocycles. The average molecular weight is 332 g/mol. The van der Waals surface area contributed by atoms with Crippen molar-refractivity contribution < 1.29 is 9.59 Å². The lowest BCUT2D eigenvalue weighted by molar-refractivity contribution is -0.121. The normalized spacial score (nSPS) is 10.3. The summed E-state index contributed by atoms with van der Waals surface area (Å²) in [6, 6.07) is 7.53. The first-order valence-corrected chi connectivity index (χ1v) is 8.37. The van der Waals surface area contributed by atoms with Gasteiger partial charge in [0.05, 0.1) is 0 Å². The Morgan fingerprint density at radius 1 is 1.17 bits per heavy atom. The van der Waals surface area contributed by atoms with E-state index >= 15 is 0 Å². The zero-order valence-electron chi connectivity index (χ0n) is 13.3. The molecule has 1 heterocycles. The van der Waals surface area contributed by atoms with Crippen molar-refractivity contribution in [1.82, 2.24) is 15.5 Å². The highest BCUT2D eigenvalue weighted by Crippen LogP contribution is 2.15. The van der Waals surface area contributed by atoms with Crippen LogP contribution >= 0.6 is 11.3 Å². The number of aromatic nitrogens is 2. The molecule has 2 aromatic rings. The van der Waals surface area contributed by atoms with Crippen molar-refractivity contribution in [3.63, 3.8) is 0 Å². The number of benzene rings is 1. The Bertz CT molecular complexity index is 667. The maximum atomic E-state index is 12.1. The highest BCUT2D eigenvalue weighted by Gasteiger charge is 2.13. The van der Waals surface area contributed by atoms with Gasteiger partial charge in [0.1, 0.15) is 5.01 Å². The monoisotopic (exact) mass is 332 g/mol. The van der Waals surface area contributed by atoms with Crippen molar-refractivity contribution in [2.24, 2.45) is 0 Å². The summed E-state index contributed by atoms with van der Waals surface area (Å²) in [5.74, 6) is -0.291. The molecular formula is C16H20N4O2S. The molecule has 122 valence electrons. The topological polar surface area (TPSA) is 84.0 Å². The smallest absolute Gasteiger partial charge is 0.286 e. The summed E-state index contributed by atoms with van der Waals surface area (Å²) in [5.41, 5.74) is 1.85. The van der Waals surface area contributed by atoms with Crippen LogP contribution in [0.2, 0.25) is 0 Å². The van der Waals surface area contributed by atoms with E-state index in [-0.39, 0.29) is 11.8 Å². The number of amides is 2. The van der Waals surface area contributed by atoms with E-state index in [0.717, 1.165) is 17.7 Å². The first kappa shape index (κ1) is 17.1. The van der Waals surface area contributed by atoms with Crippen molar-refractivity contribution in [3.05, 3.63) is 39.8 Å². The lowest BCUT2D eigenvalue weighted by Crippen LogP contribution is -2.24. The summed E-state index contributed by atoms with van der Waals surface area (Å²) >= 11 is 1.21. The molecule has 0 radical (unpaired) electrons. The van der Waals surface area contributed by atoms with Gasteiger partial charge in [0, 0.05) is 25.1 Å². The second kappa shape index (κ2) is 8.38. The number of hydrogen-bond donors (Lipinski definition) is 2. The number of carbonyl (C=O) groups is 2. The van der Waals surface area contributed by atoms with Gasteiger partial charge in [0.15, 0.2) is 0 Å². The fourth-order valence-electron chi connectivity index (χ4n) is 1.84. The van der Waals surface area contributed by atoms with Crippen molar-refractivity contribution in [1.29, 1.82) is 0 Å². The summed E-state index contributed by atoms with van der Waals surface area (Å²) in [5, 5.41) is 14.4. The molecule has 7 heteroatoms. The SMILES string of the molecule is CCCNC(=O)CCc1nnc(C(=O)Nc2ccc(C)cc2)s1. The minimum Gasteiger partial charge on any atom is -0.356 e. The van der Waals surface area contributed by atoms with Crippen molar-refractivity contribution in [2.75, 3.05) is 11.9 Å². The van der Waals surface area contributed by atoms with Crippen molar-refractivity contribution in [2.45, 2.75) is 33.1 Å². The van der Waals surface area contributed by atoms with E-state index in [1.807, 2.05) is 38.1 Å². The average Bonchev–Trinajstić information content (AvgIpc) is 3.02. The summed E-state index contributed by atoms with van der Waals surface area (Å²) in [7, 11) is 0. The van der Waals surface area contributed by atoms with E-state index in [4.69, 9.17) is 0 Å². The number of nitrogens with zero attached hydrogens (tertiary/aromatic N) is 2. The largest absolute Gasteiger partial charge is 0.356 e. The van der Waals surface area contributed by atoms with Crippen LogP contribution in [0.25, 0.3) is 0 Å². The molecule has 0 fully saturated rings. The van der Waals surface area contributed by atoms with Crippen molar-refractivity contribution >= 4 is 28.8 Å². The van der Waals surface area contributed by atoms with Gasteiger partial charge in [0.25, 0.3) is 5.91 Å². The molecule has 23 heavy (non-hydrogen) atoms. The quantitative estimate of drug-likeness (QED) is 0.816. The molecule has 2 amide bonds. The van der Waals surface area contributed by atoms with Crippen LogP contribution in [0.1, 0.15) is 40.1 Å². The van der Waals surface area contributed by atoms with E-state index < -0.39 is 0 Å². The molecule has 2 rings (SSSR count). The highest BCUT2D eigenvalue weighted by atomic mass is 32.1. The molecule has 0 aliphatic carbocycles. The molecule has 0 unspecified atom stereocenters. The first-order chi connectivity index (χ1) is 11.1. The maximum absolute atomic E-state index is 12.1. The third kappa shape index (κ3) is 5.45. The van der Waals surface area contributed by atoms with E-state index in [2.05, 4.69) is 20.8 Å². The second-order valence-electron chi connectivity index (χ2n) is 5.17. The van der Waals surface area contributed by atoms with Crippen LogP contribution in [-0.4, -0.2) is 28.6 Å². The number of aryl methyl sites for hydroxylation is 2. The molecule has 6 nitrogen and oxygen atoms in total. The van der Waals surface area contributed by atoms with Crippen LogP contribution in [0.4, 0.5) is 5.69 Å². The molecule has 0 saturated heterocycles. The number of nitrogens with one attached hydrogen (secondary N) is 2. The Kier molecular flexibility index (Phi) is 6.22. The van der Waals surface area contributed by atoms with Crippen molar-refractivity contribution in [3.8, 4) is 0 Å². The molecule has 0 saturated carbocycles. The van der Waals surface area contributed by atoms with Gasteiger partial charge in [-0.2, -0.15) is 0 Å². The standard InChI is InChI=1S/C16H20N4O2S/c1-3-10-17-13(21)8-9-14-19-20-16(23-14)15(22)18-12-6-4-11(2)5-7-12/h4-7H,3,8-10H2,1-2H3,(H,17,21)(H,18,22). The Morgan fingerprint density at radius 2 is 1.91 bits per heavy atom. The number of rotatable bonds is 7. The Morgan fingerprint density at radius 3 is 2.61 bits per heavy atom. The molecule has 0 atom stereocenters. The second-order valence-corrected chi connectivity index (χ2v) is 6.23. The van der Waals surface area contributed by atoms with Gasteiger partial charge >= 0.3 is 0 Å². The van der Waals surface area contributed by atoms with E-state index in [9.17, 15) is 9.59 Å². The van der Waals surface area contributed by atoms with Crippen LogP contribution < -0.4 is 10.6 Å². The Labute approximate surface area is 139 Å². The molecular weight excluding hydrogens is 312 g/mol. The minimum atomic E-state index is -0.284. The predicted octanol–water partition coefficient (Wildman–Crippen LogP) is 2.56. The van der Waals surface area contributed by atoms with Gasteiger partial charge in [-0.1, -0.05) is 36.0 Å². The van der Waals surface area contributed by atoms with Gasteiger partial charge in [-0.25, -0.2) is 0 Å². The number of hydrogen-bond acceptors (Lipinski definition) is 5. The minimum absolute atomic E-state index is 0.00675. The molecule has 1 aromatic heterocycles. The van der Waals surface area contributed by atoms with Crippen LogP contribution in [0.15, 0.2) is 24.3 Å².